The summed E-state index contributed by atoms with van der Waals surface area (Å²) in [5.74, 6) is 1.06. The summed E-state index contributed by atoms with van der Waals surface area (Å²) in [6.45, 7) is 1.37. The van der Waals surface area contributed by atoms with E-state index in [0.29, 0.717) is 24.5 Å². The maximum atomic E-state index is 13.2. The zero-order valence-electron chi connectivity index (χ0n) is 19.1. The SMILES string of the molecule is CN(C(=O)c1ccc(OCc2ccccc2)cc1)C1CC(CN2C=CC=CC=C2)CCC1O. The predicted molar refractivity (Wildman–Crippen MR) is 131 cm³/mol. The predicted octanol–water partition coefficient (Wildman–Crippen LogP) is 4.77. The minimum Gasteiger partial charge on any atom is -0.489 e. The van der Waals surface area contributed by atoms with Crippen LogP contribution >= 0.6 is 0 Å². The average Bonchev–Trinajstić information content (AvgIpc) is 3.13. The van der Waals surface area contributed by atoms with Gasteiger partial charge in [-0.25, -0.2) is 0 Å². The Morgan fingerprint density at radius 1 is 1.00 bits per heavy atom. The molecule has 1 N–H and O–H groups in total. The molecule has 172 valence electrons. The van der Waals surface area contributed by atoms with E-state index in [-0.39, 0.29) is 11.9 Å². The van der Waals surface area contributed by atoms with Gasteiger partial charge in [0.05, 0.1) is 12.1 Å². The van der Waals surface area contributed by atoms with E-state index in [1.54, 1.807) is 24.1 Å². The molecule has 0 radical (unpaired) electrons. The van der Waals surface area contributed by atoms with Crippen molar-refractivity contribution in [1.29, 1.82) is 0 Å². The number of rotatable bonds is 7. The lowest BCUT2D eigenvalue weighted by Gasteiger charge is -2.39. The fourth-order valence-corrected chi connectivity index (χ4v) is 4.50. The van der Waals surface area contributed by atoms with Crippen molar-refractivity contribution in [2.24, 2.45) is 5.92 Å². The molecule has 2 aromatic rings. The van der Waals surface area contributed by atoms with Crippen LogP contribution in [0.4, 0.5) is 0 Å². The smallest absolute Gasteiger partial charge is 0.253 e. The van der Waals surface area contributed by atoms with Crippen LogP contribution in [0.2, 0.25) is 0 Å². The molecule has 2 aromatic carbocycles. The molecule has 5 nitrogen and oxygen atoms in total. The van der Waals surface area contributed by atoms with Gasteiger partial charge in [0.2, 0.25) is 0 Å². The molecular formula is C28H32N2O3. The Morgan fingerprint density at radius 3 is 2.39 bits per heavy atom. The van der Waals surface area contributed by atoms with Gasteiger partial charge in [0, 0.05) is 31.6 Å². The van der Waals surface area contributed by atoms with E-state index < -0.39 is 6.10 Å². The van der Waals surface area contributed by atoms with Crippen LogP contribution in [0.5, 0.6) is 5.75 Å². The van der Waals surface area contributed by atoms with Crippen molar-refractivity contribution < 1.29 is 14.6 Å². The molecule has 1 amide bonds. The fraction of sp³-hybridized carbons (Fsp3) is 0.321. The van der Waals surface area contributed by atoms with Crippen LogP contribution in [-0.4, -0.2) is 46.6 Å². The molecule has 1 fully saturated rings. The van der Waals surface area contributed by atoms with E-state index in [1.807, 2.05) is 66.8 Å². The van der Waals surface area contributed by atoms with Gasteiger partial charge in [-0.05, 0) is 67.2 Å². The van der Waals surface area contributed by atoms with Crippen molar-refractivity contribution in [2.75, 3.05) is 13.6 Å². The lowest BCUT2D eigenvalue weighted by Crippen LogP contribution is -2.49. The number of likely N-dealkylation sites (N-methyl/N-ethyl adjacent to an activating group) is 1. The van der Waals surface area contributed by atoms with Crippen LogP contribution in [-0.2, 0) is 6.61 Å². The van der Waals surface area contributed by atoms with Crippen molar-refractivity contribution in [3.8, 4) is 5.75 Å². The van der Waals surface area contributed by atoms with Crippen LogP contribution in [0, 0.1) is 5.92 Å². The quantitative estimate of drug-likeness (QED) is 0.669. The molecule has 0 saturated heterocycles. The Labute approximate surface area is 196 Å². The molecule has 0 spiro atoms. The Balaban J connectivity index is 1.34. The van der Waals surface area contributed by atoms with Gasteiger partial charge in [-0.2, -0.15) is 0 Å². The minimum absolute atomic E-state index is 0.0759. The standard InChI is InChI=1S/C28H32N2O3/c1-29(26-19-23(11-16-27(26)31)20-30-17-7-2-3-8-18-30)28(32)24-12-14-25(15-13-24)33-21-22-9-5-4-6-10-22/h2-10,12-15,17-18,23,26-27,31H,11,16,19-21H2,1H3. The number of benzene rings is 2. The number of carbonyl (C=O) groups is 1. The molecule has 5 heteroatoms. The van der Waals surface area contributed by atoms with Gasteiger partial charge in [-0.15, -0.1) is 0 Å². The number of hydrogen-bond donors (Lipinski definition) is 1. The zero-order valence-corrected chi connectivity index (χ0v) is 19.1. The third kappa shape index (κ3) is 6.14. The highest BCUT2D eigenvalue weighted by Crippen LogP contribution is 2.30. The number of aliphatic hydroxyl groups is 1. The monoisotopic (exact) mass is 444 g/mol. The Hall–Kier alpha value is -3.31. The van der Waals surface area contributed by atoms with Gasteiger partial charge in [-0.3, -0.25) is 4.79 Å². The van der Waals surface area contributed by atoms with Crippen LogP contribution in [0.15, 0.2) is 91.3 Å². The van der Waals surface area contributed by atoms with Crippen molar-refractivity contribution in [3.63, 3.8) is 0 Å². The van der Waals surface area contributed by atoms with E-state index in [1.165, 1.54) is 0 Å². The van der Waals surface area contributed by atoms with Gasteiger partial charge in [-0.1, -0.05) is 42.5 Å². The molecule has 3 atom stereocenters. The highest BCUT2D eigenvalue weighted by Gasteiger charge is 2.34. The van der Waals surface area contributed by atoms with E-state index in [0.717, 1.165) is 30.7 Å². The maximum Gasteiger partial charge on any atom is 0.253 e. The third-order valence-electron chi connectivity index (χ3n) is 6.41. The summed E-state index contributed by atoms with van der Waals surface area (Å²) >= 11 is 0. The molecule has 33 heavy (non-hydrogen) atoms. The van der Waals surface area contributed by atoms with Crippen molar-refractivity contribution in [2.45, 2.75) is 38.0 Å². The molecular weight excluding hydrogens is 412 g/mol. The van der Waals surface area contributed by atoms with Crippen molar-refractivity contribution >= 4 is 5.91 Å². The van der Waals surface area contributed by atoms with Gasteiger partial charge in [0.15, 0.2) is 0 Å². The van der Waals surface area contributed by atoms with E-state index in [9.17, 15) is 9.90 Å². The molecule has 4 rings (SSSR count). The first-order valence-electron chi connectivity index (χ1n) is 11.6. The highest BCUT2D eigenvalue weighted by atomic mass is 16.5. The highest BCUT2D eigenvalue weighted by molar-refractivity contribution is 5.94. The van der Waals surface area contributed by atoms with Crippen LogP contribution in [0.3, 0.4) is 0 Å². The summed E-state index contributed by atoms with van der Waals surface area (Å²) in [6, 6.07) is 17.1. The number of allylic oxidation sites excluding steroid dienone is 4. The summed E-state index contributed by atoms with van der Waals surface area (Å²) in [6.07, 6.45) is 14.1. The van der Waals surface area contributed by atoms with E-state index in [2.05, 4.69) is 17.3 Å². The molecule has 1 aliphatic carbocycles. The molecule has 0 bridgehead atoms. The first kappa shape index (κ1) is 22.9. The maximum absolute atomic E-state index is 13.2. The molecule has 1 aliphatic heterocycles. The first-order valence-corrected chi connectivity index (χ1v) is 11.6. The van der Waals surface area contributed by atoms with E-state index >= 15 is 0 Å². The Bertz CT molecular complexity index is 982. The second-order valence-corrected chi connectivity index (χ2v) is 8.79. The molecule has 1 saturated carbocycles. The number of aliphatic hydroxyl groups excluding tert-OH is 1. The Morgan fingerprint density at radius 2 is 1.70 bits per heavy atom. The second-order valence-electron chi connectivity index (χ2n) is 8.79. The summed E-state index contributed by atoms with van der Waals surface area (Å²) in [7, 11) is 1.80. The van der Waals surface area contributed by atoms with Crippen LogP contribution < -0.4 is 4.74 Å². The van der Waals surface area contributed by atoms with Gasteiger partial charge in [0.1, 0.15) is 12.4 Å². The fourth-order valence-electron chi connectivity index (χ4n) is 4.50. The lowest BCUT2D eigenvalue weighted by molar-refractivity contribution is 0.0121. The number of hydrogen-bond acceptors (Lipinski definition) is 4. The normalized spacial score (nSPS) is 22.1. The number of carbonyl (C=O) groups excluding carboxylic acids is 1. The average molecular weight is 445 g/mol. The molecule has 2 aliphatic rings. The molecule has 3 unspecified atom stereocenters. The van der Waals surface area contributed by atoms with Crippen LogP contribution in [0.1, 0.15) is 35.2 Å². The first-order chi connectivity index (χ1) is 16.1. The topological polar surface area (TPSA) is 53.0 Å². The summed E-state index contributed by atoms with van der Waals surface area (Å²) < 4.78 is 5.83. The van der Waals surface area contributed by atoms with Gasteiger partial charge in [0.25, 0.3) is 5.91 Å². The number of ether oxygens (including phenoxy) is 1. The van der Waals surface area contributed by atoms with Crippen LogP contribution in [0.25, 0.3) is 0 Å². The molecule has 1 heterocycles. The largest absolute Gasteiger partial charge is 0.489 e. The summed E-state index contributed by atoms with van der Waals surface area (Å²) in [5.41, 5.74) is 1.70. The van der Waals surface area contributed by atoms with Crippen molar-refractivity contribution in [1.82, 2.24) is 9.80 Å². The zero-order chi connectivity index (χ0) is 23.0. The minimum atomic E-state index is -0.499. The van der Waals surface area contributed by atoms with Crippen molar-refractivity contribution in [3.05, 3.63) is 102 Å². The van der Waals surface area contributed by atoms with Gasteiger partial charge >= 0.3 is 0 Å². The number of nitrogens with zero attached hydrogens (tertiary/aromatic N) is 2. The lowest BCUT2D eigenvalue weighted by atomic mass is 9.82. The third-order valence-corrected chi connectivity index (χ3v) is 6.41. The second kappa shape index (κ2) is 11.0. The van der Waals surface area contributed by atoms with E-state index in [4.69, 9.17) is 4.74 Å². The Kier molecular flexibility index (Phi) is 7.63. The summed E-state index contributed by atoms with van der Waals surface area (Å²) in [5, 5.41) is 10.7. The summed E-state index contributed by atoms with van der Waals surface area (Å²) in [4.78, 5) is 17.0. The molecule has 0 aromatic heterocycles. The van der Waals surface area contributed by atoms with Gasteiger partial charge < -0.3 is 19.6 Å². The number of amides is 1.